The first-order valence-corrected chi connectivity index (χ1v) is 10.4. The first kappa shape index (κ1) is 19.7. The van der Waals surface area contributed by atoms with Crippen LogP contribution in [0.1, 0.15) is 56.7 Å². The van der Waals surface area contributed by atoms with Crippen LogP contribution in [0, 0.1) is 31.1 Å². The van der Waals surface area contributed by atoms with E-state index in [2.05, 4.69) is 95.9 Å². The van der Waals surface area contributed by atoms with Gasteiger partial charge in [0.05, 0.1) is 0 Å². The van der Waals surface area contributed by atoms with Crippen molar-refractivity contribution in [3.8, 4) is 0 Å². The summed E-state index contributed by atoms with van der Waals surface area (Å²) >= 11 is 0. The zero-order valence-electron chi connectivity index (χ0n) is 17.7. The van der Waals surface area contributed by atoms with Gasteiger partial charge in [0, 0.05) is 0 Å². The zero-order chi connectivity index (χ0) is 19.6. The van der Waals surface area contributed by atoms with Crippen LogP contribution >= 0.6 is 0 Å². The highest BCUT2D eigenvalue weighted by Gasteiger charge is 2.55. The SMILES string of the molecule is C=C(/C=C\C=C/C)C1=CC(c2cc(C)ccc2C)=CCC1C1(CC)CC1C. The Hall–Kier alpha value is -2.08. The van der Waals surface area contributed by atoms with E-state index in [-0.39, 0.29) is 0 Å². The van der Waals surface area contributed by atoms with Crippen molar-refractivity contribution in [1.29, 1.82) is 0 Å². The molecule has 2 aliphatic rings. The third kappa shape index (κ3) is 3.81. The highest BCUT2D eigenvalue weighted by Crippen LogP contribution is 2.64. The average Bonchev–Trinajstić information content (AvgIpc) is 3.34. The topological polar surface area (TPSA) is 0 Å². The van der Waals surface area contributed by atoms with Gasteiger partial charge in [-0.15, -0.1) is 0 Å². The lowest BCUT2D eigenvalue weighted by Crippen LogP contribution is -2.22. The Morgan fingerprint density at radius 1 is 1.26 bits per heavy atom. The molecule has 3 unspecified atom stereocenters. The standard InChI is InChI=1S/C27H34/c1-7-9-10-11-20(4)25-17-23(24-16-19(3)12-13-21(24)5)14-15-26(25)27(8-2)18-22(27)6/h7,9-14,16-17,22,26H,4,8,15,18H2,1-3,5-6H3/b9-7-,11-10-. The lowest BCUT2D eigenvalue weighted by atomic mass is 9.71. The molecule has 0 radical (unpaired) electrons. The van der Waals surface area contributed by atoms with Gasteiger partial charge < -0.3 is 0 Å². The van der Waals surface area contributed by atoms with Crippen molar-refractivity contribution in [3.63, 3.8) is 0 Å². The average molecular weight is 359 g/mol. The molecule has 3 atom stereocenters. The first-order chi connectivity index (χ1) is 12.9. The van der Waals surface area contributed by atoms with Crippen molar-refractivity contribution in [3.05, 3.63) is 89.1 Å². The fourth-order valence-electron chi connectivity index (χ4n) is 4.91. The molecule has 1 aromatic carbocycles. The molecule has 0 amide bonds. The Balaban J connectivity index is 2.01. The molecular formula is C27H34. The summed E-state index contributed by atoms with van der Waals surface area (Å²) in [7, 11) is 0. The molecule has 0 aromatic heterocycles. The summed E-state index contributed by atoms with van der Waals surface area (Å²) < 4.78 is 0. The van der Waals surface area contributed by atoms with Crippen molar-refractivity contribution in [2.45, 2.75) is 53.9 Å². The van der Waals surface area contributed by atoms with Crippen molar-refractivity contribution in [1.82, 2.24) is 0 Å². The van der Waals surface area contributed by atoms with Crippen LogP contribution in [0.2, 0.25) is 0 Å². The highest BCUT2D eigenvalue weighted by atomic mass is 14.6. The minimum absolute atomic E-state index is 0.465. The number of hydrogen-bond donors (Lipinski definition) is 0. The number of rotatable bonds is 6. The van der Waals surface area contributed by atoms with Crippen LogP contribution in [0.3, 0.4) is 0 Å². The zero-order valence-corrected chi connectivity index (χ0v) is 17.7. The van der Waals surface area contributed by atoms with Gasteiger partial charge in [-0.3, -0.25) is 0 Å². The summed E-state index contributed by atoms with van der Waals surface area (Å²) in [5, 5.41) is 0. The quantitative estimate of drug-likeness (QED) is 0.456. The van der Waals surface area contributed by atoms with E-state index in [0.717, 1.165) is 12.3 Å². The second kappa shape index (κ2) is 7.89. The summed E-state index contributed by atoms with van der Waals surface area (Å²) in [6, 6.07) is 6.76. The van der Waals surface area contributed by atoms with E-state index in [4.69, 9.17) is 0 Å². The maximum Gasteiger partial charge on any atom is -0.00620 e. The predicted octanol–water partition coefficient (Wildman–Crippen LogP) is 7.76. The lowest BCUT2D eigenvalue weighted by Gasteiger charge is -2.33. The van der Waals surface area contributed by atoms with Crippen LogP contribution in [0.15, 0.2) is 72.4 Å². The normalized spacial score (nSPS) is 27.7. The number of aryl methyl sites for hydroxylation is 2. The summed E-state index contributed by atoms with van der Waals surface area (Å²) in [5.41, 5.74) is 8.48. The van der Waals surface area contributed by atoms with Gasteiger partial charge >= 0.3 is 0 Å². The maximum atomic E-state index is 4.45. The third-order valence-electron chi connectivity index (χ3n) is 6.80. The van der Waals surface area contributed by atoms with Crippen LogP contribution in [0.4, 0.5) is 0 Å². The molecule has 142 valence electrons. The second-order valence-electron chi connectivity index (χ2n) is 8.47. The number of allylic oxidation sites excluding steroid dienone is 9. The van der Waals surface area contributed by atoms with Gasteiger partial charge in [0.15, 0.2) is 0 Å². The molecule has 27 heavy (non-hydrogen) atoms. The van der Waals surface area contributed by atoms with Crippen molar-refractivity contribution in [2.24, 2.45) is 17.3 Å². The van der Waals surface area contributed by atoms with E-state index >= 15 is 0 Å². The predicted molar refractivity (Wildman–Crippen MR) is 120 cm³/mol. The van der Waals surface area contributed by atoms with E-state index in [1.807, 2.05) is 0 Å². The Kier molecular flexibility index (Phi) is 5.75. The van der Waals surface area contributed by atoms with Gasteiger partial charge in [-0.1, -0.05) is 80.6 Å². The molecule has 0 aliphatic heterocycles. The van der Waals surface area contributed by atoms with E-state index < -0.39 is 0 Å². The van der Waals surface area contributed by atoms with E-state index in [9.17, 15) is 0 Å². The third-order valence-corrected chi connectivity index (χ3v) is 6.80. The summed E-state index contributed by atoms with van der Waals surface area (Å²) in [4.78, 5) is 0. The van der Waals surface area contributed by atoms with Crippen molar-refractivity contribution >= 4 is 5.57 Å². The fraction of sp³-hybridized carbons (Fsp3) is 0.407. The molecule has 3 rings (SSSR count). The van der Waals surface area contributed by atoms with Gasteiger partial charge in [-0.2, -0.15) is 0 Å². The Morgan fingerprint density at radius 2 is 2.00 bits per heavy atom. The van der Waals surface area contributed by atoms with Gasteiger partial charge in [0.25, 0.3) is 0 Å². The van der Waals surface area contributed by atoms with Gasteiger partial charge in [-0.05, 0) is 85.1 Å². The van der Waals surface area contributed by atoms with Crippen molar-refractivity contribution in [2.75, 3.05) is 0 Å². The molecular weight excluding hydrogens is 324 g/mol. The molecule has 0 N–H and O–H groups in total. The van der Waals surface area contributed by atoms with Gasteiger partial charge in [0.2, 0.25) is 0 Å². The fourth-order valence-corrected chi connectivity index (χ4v) is 4.91. The second-order valence-corrected chi connectivity index (χ2v) is 8.47. The maximum absolute atomic E-state index is 4.45. The molecule has 0 bridgehead atoms. The summed E-state index contributed by atoms with van der Waals surface area (Å²) in [6.07, 6.45) is 17.1. The highest BCUT2D eigenvalue weighted by molar-refractivity contribution is 5.79. The van der Waals surface area contributed by atoms with Crippen LogP contribution in [-0.2, 0) is 0 Å². The summed E-state index contributed by atoms with van der Waals surface area (Å²) in [5.74, 6) is 1.41. The molecule has 0 heterocycles. The lowest BCUT2D eigenvalue weighted by molar-refractivity contribution is 0.317. The Bertz CT molecular complexity index is 839. The molecule has 2 aliphatic carbocycles. The van der Waals surface area contributed by atoms with E-state index in [0.29, 0.717) is 11.3 Å². The minimum Gasteiger partial charge on any atom is -0.0915 e. The molecule has 1 fully saturated rings. The monoisotopic (exact) mass is 358 g/mol. The van der Waals surface area contributed by atoms with Crippen LogP contribution in [0.5, 0.6) is 0 Å². The van der Waals surface area contributed by atoms with E-state index in [1.165, 1.54) is 46.3 Å². The number of benzene rings is 1. The van der Waals surface area contributed by atoms with Crippen LogP contribution in [0.25, 0.3) is 5.57 Å². The largest absolute Gasteiger partial charge is 0.0915 e. The van der Waals surface area contributed by atoms with Crippen LogP contribution in [-0.4, -0.2) is 0 Å². The molecule has 0 heteroatoms. The van der Waals surface area contributed by atoms with Crippen molar-refractivity contribution < 1.29 is 0 Å². The number of hydrogen-bond acceptors (Lipinski definition) is 0. The first-order valence-electron chi connectivity index (χ1n) is 10.4. The van der Waals surface area contributed by atoms with Gasteiger partial charge in [-0.25, -0.2) is 0 Å². The molecule has 1 aromatic rings. The summed E-state index contributed by atoms with van der Waals surface area (Å²) in [6.45, 7) is 15.7. The smallest absolute Gasteiger partial charge is 0.00620 e. The minimum atomic E-state index is 0.465. The Morgan fingerprint density at radius 3 is 2.63 bits per heavy atom. The van der Waals surface area contributed by atoms with E-state index in [1.54, 1.807) is 0 Å². The molecule has 0 nitrogen and oxygen atoms in total. The molecule has 1 saturated carbocycles. The molecule has 0 saturated heterocycles. The van der Waals surface area contributed by atoms with Crippen LogP contribution < -0.4 is 0 Å². The van der Waals surface area contributed by atoms with Gasteiger partial charge in [0.1, 0.15) is 0 Å². The molecule has 0 spiro atoms. The Labute approximate surface area is 166 Å².